The molecule has 0 bridgehead atoms. The van der Waals surface area contributed by atoms with Gasteiger partial charge in [0.05, 0.1) is 12.4 Å². The molecule has 3 rings (SSSR count). The second-order valence-electron chi connectivity index (χ2n) is 6.01. The van der Waals surface area contributed by atoms with Crippen LogP contribution >= 0.6 is 0 Å². The Hall–Kier alpha value is -2.22. The summed E-state index contributed by atoms with van der Waals surface area (Å²) < 4.78 is 3.45. The van der Waals surface area contributed by atoms with E-state index in [1.165, 1.54) is 19.3 Å². The summed E-state index contributed by atoms with van der Waals surface area (Å²) in [5, 5.41) is 18.4. The van der Waals surface area contributed by atoms with Crippen molar-refractivity contribution in [1.29, 1.82) is 0 Å². The molecule has 0 saturated carbocycles. The molecule has 1 atom stereocenters. The van der Waals surface area contributed by atoms with Crippen LogP contribution in [-0.2, 0) is 20.1 Å². The van der Waals surface area contributed by atoms with Crippen molar-refractivity contribution in [1.82, 2.24) is 35.4 Å². The van der Waals surface area contributed by atoms with Crippen molar-refractivity contribution in [3.05, 3.63) is 29.8 Å². The minimum Gasteiger partial charge on any atom is -0.346 e. The van der Waals surface area contributed by atoms with Gasteiger partial charge in [0, 0.05) is 37.9 Å². The quantitative estimate of drug-likeness (QED) is 0.808. The number of hydrogen-bond acceptors (Lipinski definition) is 5. The maximum absolute atomic E-state index is 12.1. The molecule has 0 radical (unpaired) electrons. The number of hydrogen-bond donors (Lipinski definition) is 2. The Balaban J connectivity index is 1.46. The lowest BCUT2D eigenvalue weighted by Crippen LogP contribution is -2.34. The van der Waals surface area contributed by atoms with Crippen molar-refractivity contribution in [2.45, 2.75) is 44.8 Å². The summed E-state index contributed by atoms with van der Waals surface area (Å²) in [6, 6.07) is 0.552. The molecule has 0 aliphatic carbocycles. The molecular formula is C15H23N7O. The summed E-state index contributed by atoms with van der Waals surface area (Å²) in [6.45, 7) is 2.32. The van der Waals surface area contributed by atoms with E-state index in [0.717, 1.165) is 25.1 Å². The first-order chi connectivity index (χ1) is 11.2. The van der Waals surface area contributed by atoms with Gasteiger partial charge in [0.2, 0.25) is 0 Å². The SMILES string of the molecule is Cn1cc(CNC(=O)c2cn(CC[C@@H]3CCCCN3)nn2)cn1. The van der Waals surface area contributed by atoms with Gasteiger partial charge in [-0.3, -0.25) is 14.2 Å². The minimum absolute atomic E-state index is 0.212. The molecule has 124 valence electrons. The third-order valence-corrected chi connectivity index (χ3v) is 4.10. The van der Waals surface area contributed by atoms with Crippen LogP contribution in [0.5, 0.6) is 0 Å². The average molecular weight is 317 g/mol. The number of amides is 1. The van der Waals surface area contributed by atoms with Crippen LogP contribution in [0.15, 0.2) is 18.6 Å². The van der Waals surface area contributed by atoms with E-state index < -0.39 is 0 Å². The highest BCUT2D eigenvalue weighted by Gasteiger charge is 2.14. The summed E-state index contributed by atoms with van der Waals surface area (Å²) in [6.07, 6.45) is 10.1. The van der Waals surface area contributed by atoms with E-state index in [1.54, 1.807) is 21.8 Å². The second kappa shape index (κ2) is 7.36. The Kier molecular flexibility index (Phi) is 5.02. The lowest BCUT2D eigenvalue weighted by molar-refractivity contribution is 0.0946. The van der Waals surface area contributed by atoms with Gasteiger partial charge in [-0.1, -0.05) is 11.6 Å². The number of rotatable bonds is 6. The normalized spacial score (nSPS) is 18.0. The molecule has 8 nitrogen and oxygen atoms in total. The van der Waals surface area contributed by atoms with Gasteiger partial charge in [0.25, 0.3) is 5.91 Å². The lowest BCUT2D eigenvalue weighted by atomic mass is 10.0. The first-order valence-corrected chi connectivity index (χ1v) is 8.10. The number of aromatic nitrogens is 5. The van der Waals surface area contributed by atoms with Gasteiger partial charge in [-0.05, 0) is 25.8 Å². The van der Waals surface area contributed by atoms with Crippen LogP contribution in [0, 0.1) is 0 Å². The van der Waals surface area contributed by atoms with Crippen LogP contribution in [0.4, 0.5) is 0 Å². The number of carbonyl (C=O) groups excluding carboxylic acids is 1. The Labute approximate surface area is 135 Å². The maximum Gasteiger partial charge on any atom is 0.273 e. The fraction of sp³-hybridized carbons (Fsp3) is 0.600. The molecule has 1 fully saturated rings. The average Bonchev–Trinajstić information content (AvgIpc) is 3.21. The standard InChI is InChI=1S/C15H23N7O/c1-21-10-12(9-18-21)8-17-15(23)14-11-22(20-19-14)7-5-13-4-2-3-6-16-13/h9-11,13,16H,2-8H2,1H3,(H,17,23)/t13-/m0/s1. The van der Waals surface area contributed by atoms with E-state index in [9.17, 15) is 4.79 Å². The van der Waals surface area contributed by atoms with E-state index in [2.05, 4.69) is 26.0 Å². The van der Waals surface area contributed by atoms with Crippen molar-refractivity contribution in [3.8, 4) is 0 Å². The summed E-state index contributed by atoms with van der Waals surface area (Å²) >= 11 is 0. The summed E-state index contributed by atoms with van der Waals surface area (Å²) in [5.74, 6) is -0.212. The number of carbonyl (C=O) groups is 1. The Morgan fingerprint density at radius 2 is 2.35 bits per heavy atom. The van der Waals surface area contributed by atoms with Crippen LogP contribution in [0.25, 0.3) is 0 Å². The third-order valence-electron chi connectivity index (χ3n) is 4.10. The van der Waals surface area contributed by atoms with E-state index in [0.29, 0.717) is 18.3 Å². The monoisotopic (exact) mass is 317 g/mol. The van der Waals surface area contributed by atoms with Crippen LogP contribution in [0.3, 0.4) is 0 Å². The first-order valence-electron chi connectivity index (χ1n) is 8.10. The lowest BCUT2D eigenvalue weighted by Gasteiger charge is -2.23. The fourth-order valence-electron chi connectivity index (χ4n) is 2.81. The fourth-order valence-corrected chi connectivity index (χ4v) is 2.81. The highest BCUT2D eigenvalue weighted by Crippen LogP contribution is 2.10. The van der Waals surface area contributed by atoms with Gasteiger partial charge >= 0.3 is 0 Å². The van der Waals surface area contributed by atoms with Gasteiger partial charge in [0.15, 0.2) is 5.69 Å². The Morgan fingerprint density at radius 1 is 1.43 bits per heavy atom. The second-order valence-corrected chi connectivity index (χ2v) is 6.01. The van der Waals surface area contributed by atoms with Crippen LogP contribution in [0.2, 0.25) is 0 Å². The zero-order valence-electron chi connectivity index (χ0n) is 13.4. The van der Waals surface area contributed by atoms with Crippen LogP contribution in [0.1, 0.15) is 41.7 Å². The summed E-state index contributed by atoms with van der Waals surface area (Å²) in [4.78, 5) is 12.1. The number of nitrogens with one attached hydrogen (secondary N) is 2. The molecule has 2 aromatic rings. The van der Waals surface area contributed by atoms with Crippen molar-refractivity contribution in [2.24, 2.45) is 7.05 Å². The molecule has 0 aromatic carbocycles. The highest BCUT2D eigenvalue weighted by atomic mass is 16.2. The third kappa shape index (κ3) is 4.38. The van der Waals surface area contributed by atoms with Crippen molar-refractivity contribution >= 4 is 5.91 Å². The van der Waals surface area contributed by atoms with Gasteiger partial charge in [-0.25, -0.2) is 0 Å². The zero-order chi connectivity index (χ0) is 16.1. The van der Waals surface area contributed by atoms with Gasteiger partial charge in [0.1, 0.15) is 0 Å². The molecule has 1 saturated heterocycles. The van der Waals surface area contributed by atoms with E-state index in [4.69, 9.17) is 0 Å². The summed E-state index contributed by atoms with van der Waals surface area (Å²) in [7, 11) is 1.85. The maximum atomic E-state index is 12.1. The first kappa shape index (κ1) is 15.7. The molecule has 1 aliphatic heterocycles. The largest absolute Gasteiger partial charge is 0.346 e. The molecule has 2 N–H and O–H groups in total. The molecule has 23 heavy (non-hydrogen) atoms. The Bertz CT molecular complexity index is 642. The molecule has 1 amide bonds. The highest BCUT2D eigenvalue weighted by molar-refractivity contribution is 5.91. The van der Waals surface area contributed by atoms with Crippen molar-refractivity contribution in [2.75, 3.05) is 6.54 Å². The zero-order valence-corrected chi connectivity index (χ0v) is 13.4. The minimum atomic E-state index is -0.212. The summed E-state index contributed by atoms with van der Waals surface area (Å²) in [5.41, 5.74) is 1.31. The molecule has 8 heteroatoms. The number of nitrogens with zero attached hydrogens (tertiary/aromatic N) is 5. The molecule has 0 spiro atoms. The topological polar surface area (TPSA) is 89.7 Å². The molecule has 1 aliphatic rings. The van der Waals surface area contributed by atoms with Gasteiger partial charge < -0.3 is 10.6 Å². The van der Waals surface area contributed by atoms with Gasteiger partial charge in [-0.2, -0.15) is 5.10 Å². The molecule has 3 heterocycles. The van der Waals surface area contributed by atoms with Crippen molar-refractivity contribution in [3.63, 3.8) is 0 Å². The predicted octanol–water partition coefficient (Wildman–Crippen LogP) is 0.474. The van der Waals surface area contributed by atoms with E-state index in [1.807, 2.05) is 13.2 Å². The van der Waals surface area contributed by atoms with Crippen molar-refractivity contribution < 1.29 is 4.79 Å². The van der Waals surface area contributed by atoms with Crippen LogP contribution < -0.4 is 10.6 Å². The van der Waals surface area contributed by atoms with Crippen LogP contribution in [-0.4, -0.2) is 43.3 Å². The smallest absolute Gasteiger partial charge is 0.273 e. The molecule has 2 aromatic heterocycles. The van der Waals surface area contributed by atoms with Gasteiger partial charge in [-0.15, -0.1) is 5.10 Å². The van der Waals surface area contributed by atoms with E-state index in [-0.39, 0.29) is 5.91 Å². The predicted molar refractivity (Wildman–Crippen MR) is 84.7 cm³/mol. The van der Waals surface area contributed by atoms with E-state index >= 15 is 0 Å². The molecular weight excluding hydrogens is 294 g/mol. The number of piperidine rings is 1. The molecule has 0 unspecified atom stereocenters. The Morgan fingerprint density at radius 3 is 3.09 bits per heavy atom. The number of aryl methyl sites for hydroxylation is 2.